The first-order valence-electron chi connectivity index (χ1n) is 3.68. The Kier molecular flexibility index (Phi) is 4.81. The zero-order chi connectivity index (χ0) is 8.85. The number of nitrogens with zero attached hydrogens (tertiary/aromatic N) is 1. The van der Waals surface area contributed by atoms with Gasteiger partial charge in [0.05, 0.1) is 19.3 Å². The van der Waals surface area contributed by atoms with E-state index in [1.54, 1.807) is 0 Å². The van der Waals surface area contributed by atoms with Gasteiger partial charge in [-0.15, -0.1) is 0 Å². The summed E-state index contributed by atoms with van der Waals surface area (Å²) in [6.07, 6.45) is 0.190. The van der Waals surface area contributed by atoms with Gasteiger partial charge < -0.3 is 4.74 Å². The summed E-state index contributed by atoms with van der Waals surface area (Å²) in [4.78, 5) is 10.6. The minimum Gasteiger partial charge on any atom is -0.377 e. The van der Waals surface area contributed by atoms with E-state index in [9.17, 15) is 4.79 Å². The molecule has 11 heavy (non-hydrogen) atoms. The largest absolute Gasteiger partial charge is 0.377 e. The van der Waals surface area contributed by atoms with E-state index >= 15 is 0 Å². The van der Waals surface area contributed by atoms with Crippen molar-refractivity contribution in [2.24, 2.45) is 5.84 Å². The molecule has 0 heterocycles. The number of carbonyl (C=O) groups is 1. The predicted molar refractivity (Wildman–Crippen MR) is 42.7 cm³/mol. The van der Waals surface area contributed by atoms with Crippen LogP contribution in [0.3, 0.4) is 0 Å². The number of hydrazine groups is 1. The SMILES string of the molecule is CC(=O)N(N)CCOC(C)C. The lowest BCUT2D eigenvalue weighted by Crippen LogP contribution is -2.38. The topological polar surface area (TPSA) is 55.6 Å². The number of ether oxygens (including phenoxy) is 1. The third-order valence-corrected chi connectivity index (χ3v) is 1.19. The van der Waals surface area contributed by atoms with Crippen LogP contribution in [0.4, 0.5) is 0 Å². The number of nitrogens with two attached hydrogens (primary N) is 1. The van der Waals surface area contributed by atoms with Gasteiger partial charge in [0.2, 0.25) is 5.91 Å². The Bertz CT molecular complexity index is 126. The summed E-state index contributed by atoms with van der Waals surface area (Å²) >= 11 is 0. The molecule has 0 aliphatic rings. The van der Waals surface area contributed by atoms with Gasteiger partial charge in [0.1, 0.15) is 0 Å². The van der Waals surface area contributed by atoms with Crippen LogP contribution in [0.25, 0.3) is 0 Å². The van der Waals surface area contributed by atoms with E-state index in [0.717, 1.165) is 5.01 Å². The van der Waals surface area contributed by atoms with Gasteiger partial charge in [-0.25, -0.2) is 5.84 Å². The van der Waals surface area contributed by atoms with Gasteiger partial charge in [0.15, 0.2) is 0 Å². The fourth-order valence-electron chi connectivity index (χ4n) is 0.544. The number of amides is 1. The molecular formula is C7H16N2O2. The van der Waals surface area contributed by atoms with Gasteiger partial charge in [0, 0.05) is 6.92 Å². The lowest BCUT2D eigenvalue weighted by atomic mass is 10.5. The second-order valence-electron chi connectivity index (χ2n) is 2.63. The third kappa shape index (κ3) is 5.82. The van der Waals surface area contributed by atoms with E-state index in [4.69, 9.17) is 10.6 Å². The molecule has 0 saturated carbocycles. The van der Waals surface area contributed by atoms with Crippen LogP contribution in [0.1, 0.15) is 20.8 Å². The van der Waals surface area contributed by atoms with E-state index < -0.39 is 0 Å². The maximum atomic E-state index is 10.6. The summed E-state index contributed by atoms with van der Waals surface area (Å²) in [5.74, 6) is 5.17. The number of hydrogen-bond acceptors (Lipinski definition) is 3. The molecule has 0 aliphatic heterocycles. The Labute approximate surface area is 67.3 Å². The van der Waals surface area contributed by atoms with E-state index in [-0.39, 0.29) is 12.0 Å². The van der Waals surface area contributed by atoms with E-state index in [1.165, 1.54) is 6.92 Å². The molecule has 4 nitrogen and oxygen atoms in total. The highest BCUT2D eigenvalue weighted by Crippen LogP contribution is 1.87. The normalized spacial score (nSPS) is 10.3. The number of carbonyl (C=O) groups excluding carboxylic acids is 1. The average Bonchev–Trinajstić information content (AvgIpc) is 1.86. The molecule has 66 valence electrons. The predicted octanol–water partition coefficient (Wildman–Crippen LogP) is 0.134. The first kappa shape index (κ1) is 10.4. The van der Waals surface area contributed by atoms with Crippen LogP contribution in [0.15, 0.2) is 0 Å². The van der Waals surface area contributed by atoms with Crippen LogP contribution in [-0.4, -0.2) is 30.2 Å². The van der Waals surface area contributed by atoms with Gasteiger partial charge in [-0.3, -0.25) is 9.80 Å². The van der Waals surface area contributed by atoms with Gasteiger partial charge in [0.25, 0.3) is 0 Å². The molecule has 0 aliphatic carbocycles. The molecule has 0 aromatic rings. The molecule has 0 rings (SSSR count). The fourth-order valence-corrected chi connectivity index (χ4v) is 0.544. The molecule has 4 heteroatoms. The molecule has 0 aromatic carbocycles. The Morgan fingerprint density at radius 3 is 2.55 bits per heavy atom. The van der Waals surface area contributed by atoms with Crippen molar-refractivity contribution in [3.05, 3.63) is 0 Å². The van der Waals surface area contributed by atoms with E-state index in [1.807, 2.05) is 13.8 Å². The standard InChI is InChI=1S/C7H16N2O2/c1-6(2)11-5-4-9(8)7(3)10/h6H,4-5,8H2,1-3H3. The summed E-state index contributed by atoms with van der Waals surface area (Å²) in [6, 6.07) is 0. The highest BCUT2D eigenvalue weighted by molar-refractivity contribution is 5.72. The smallest absolute Gasteiger partial charge is 0.233 e. The van der Waals surface area contributed by atoms with Gasteiger partial charge in [-0.2, -0.15) is 0 Å². The van der Waals surface area contributed by atoms with Crippen LogP contribution in [0.2, 0.25) is 0 Å². The fraction of sp³-hybridized carbons (Fsp3) is 0.857. The van der Waals surface area contributed by atoms with Crippen molar-refractivity contribution in [1.29, 1.82) is 0 Å². The maximum absolute atomic E-state index is 10.6. The molecule has 0 fully saturated rings. The van der Waals surface area contributed by atoms with Gasteiger partial charge in [-0.1, -0.05) is 0 Å². The van der Waals surface area contributed by atoms with E-state index in [0.29, 0.717) is 13.2 Å². The molecule has 0 aromatic heterocycles. The zero-order valence-corrected chi connectivity index (χ0v) is 7.33. The lowest BCUT2D eigenvalue weighted by Gasteiger charge is -2.15. The molecule has 0 spiro atoms. The minimum atomic E-state index is -0.141. The molecule has 0 unspecified atom stereocenters. The highest BCUT2D eigenvalue weighted by Gasteiger charge is 2.01. The van der Waals surface area contributed by atoms with Crippen molar-refractivity contribution in [3.63, 3.8) is 0 Å². The van der Waals surface area contributed by atoms with Gasteiger partial charge in [-0.05, 0) is 13.8 Å². The van der Waals surface area contributed by atoms with Crippen molar-refractivity contribution in [3.8, 4) is 0 Å². The first-order chi connectivity index (χ1) is 5.04. The summed E-state index contributed by atoms with van der Waals surface area (Å²) in [6.45, 7) is 6.25. The summed E-state index contributed by atoms with van der Waals surface area (Å²) in [5, 5.41) is 1.14. The number of hydrogen-bond donors (Lipinski definition) is 1. The highest BCUT2D eigenvalue weighted by atomic mass is 16.5. The Hall–Kier alpha value is -0.610. The second kappa shape index (κ2) is 5.09. The average molecular weight is 160 g/mol. The molecule has 0 saturated heterocycles. The monoisotopic (exact) mass is 160 g/mol. The summed E-state index contributed by atoms with van der Waals surface area (Å²) in [7, 11) is 0. The molecule has 0 atom stereocenters. The Morgan fingerprint density at radius 1 is 1.64 bits per heavy atom. The maximum Gasteiger partial charge on any atom is 0.233 e. The second-order valence-corrected chi connectivity index (χ2v) is 2.63. The van der Waals surface area contributed by atoms with Crippen LogP contribution in [-0.2, 0) is 9.53 Å². The van der Waals surface area contributed by atoms with Crippen LogP contribution < -0.4 is 5.84 Å². The zero-order valence-electron chi connectivity index (χ0n) is 7.33. The van der Waals surface area contributed by atoms with Crippen LogP contribution in [0.5, 0.6) is 0 Å². The first-order valence-corrected chi connectivity index (χ1v) is 3.68. The Balaban J connectivity index is 3.31. The summed E-state index contributed by atoms with van der Waals surface area (Å²) in [5.41, 5.74) is 0. The van der Waals surface area contributed by atoms with Crippen molar-refractivity contribution in [1.82, 2.24) is 5.01 Å². The van der Waals surface area contributed by atoms with Crippen molar-refractivity contribution >= 4 is 5.91 Å². The minimum absolute atomic E-state index is 0.141. The van der Waals surface area contributed by atoms with Crippen LogP contribution >= 0.6 is 0 Å². The van der Waals surface area contributed by atoms with Crippen LogP contribution in [0, 0.1) is 0 Å². The molecule has 1 amide bonds. The summed E-state index contributed by atoms with van der Waals surface area (Å²) < 4.78 is 5.19. The van der Waals surface area contributed by atoms with Gasteiger partial charge >= 0.3 is 0 Å². The van der Waals surface area contributed by atoms with Crippen molar-refractivity contribution < 1.29 is 9.53 Å². The Morgan fingerprint density at radius 2 is 2.18 bits per heavy atom. The van der Waals surface area contributed by atoms with Crippen molar-refractivity contribution in [2.75, 3.05) is 13.2 Å². The van der Waals surface area contributed by atoms with Crippen molar-refractivity contribution in [2.45, 2.75) is 26.9 Å². The van der Waals surface area contributed by atoms with E-state index in [2.05, 4.69) is 0 Å². The molecule has 0 radical (unpaired) electrons. The molecule has 2 N–H and O–H groups in total. The third-order valence-electron chi connectivity index (χ3n) is 1.19. The number of rotatable bonds is 4. The molecule has 0 bridgehead atoms. The molecular weight excluding hydrogens is 144 g/mol. The quantitative estimate of drug-likeness (QED) is 0.361. The lowest BCUT2D eigenvalue weighted by molar-refractivity contribution is -0.130.